The number of anilines is 1. The monoisotopic (exact) mass is 375 g/mol. The van der Waals surface area contributed by atoms with Crippen LogP contribution in [0.5, 0.6) is 11.6 Å². The summed E-state index contributed by atoms with van der Waals surface area (Å²) in [4.78, 5) is 8.52. The summed E-state index contributed by atoms with van der Waals surface area (Å²) in [5.41, 5.74) is 2.22. The summed E-state index contributed by atoms with van der Waals surface area (Å²) in [6.07, 6.45) is 6.11. The molecule has 4 aromatic rings. The second-order valence-corrected chi connectivity index (χ2v) is 6.07. The Kier molecular flexibility index (Phi) is 5.24. The molecule has 4 rings (SSSR count). The van der Waals surface area contributed by atoms with Crippen molar-refractivity contribution in [1.29, 1.82) is 0 Å². The molecule has 0 saturated carbocycles. The van der Waals surface area contributed by atoms with Gasteiger partial charge in [-0.2, -0.15) is 10.1 Å². The average molecular weight is 375 g/mol. The van der Waals surface area contributed by atoms with Gasteiger partial charge in [-0.3, -0.25) is 0 Å². The lowest BCUT2D eigenvalue weighted by molar-refractivity contribution is 0.460. The van der Waals surface area contributed by atoms with E-state index >= 15 is 0 Å². The minimum absolute atomic E-state index is 0.310. The van der Waals surface area contributed by atoms with Crippen LogP contribution in [0.4, 0.5) is 10.3 Å². The first-order valence-corrected chi connectivity index (χ1v) is 8.85. The molecule has 2 aromatic carbocycles. The van der Waals surface area contributed by atoms with Gasteiger partial charge in [-0.15, -0.1) is 0 Å². The van der Waals surface area contributed by atoms with Gasteiger partial charge in [0.25, 0.3) is 0 Å². The molecule has 0 spiro atoms. The highest BCUT2D eigenvalue weighted by Gasteiger charge is 2.03. The SMILES string of the molecule is Fc1ccc(Oc2ccnc(NCCc3ccc(-n4cccn4)cc3)n2)cc1. The molecule has 28 heavy (non-hydrogen) atoms. The molecular formula is C21H18FN5O. The molecule has 0 bridgehead atoms. The molecule has 2 heterocycles. The Hall–Kier alpha value is -3.74. The molecule has 0 unspecified atom stereocenters. The Morgan fingerprint density at radius 1 is 0.964 bits per heavy atom. The molecular weight excluding hydrogens is 357 g/mol. The van der Waals surface area contributed by atoms with Crippen molar-refractivity contribution in [2.45, 2.75) is 6.42 Å². The van der Waals surface area contributed by atoms with E-state index in [1.807, 2.05) is 29.1 Å². The van der Waals surface area contributed by atoms with Crippen molar-refractivity contribution in [3.63, 3.8) is 0 Å². The third-order valence-electron chi connectivity index (χ3n) is 4.07. The molecule has 0 fully saturated rings. The first-order chi connectivity index (χ1) is 13.8. The van der Waals surface area contributed by atoms with Gasteiger partial charge in [-0.05, 0) is 54.4 Å². The zero-order valence-corrected chi connectivity index (χ0v) is 15.0. The van der Waals surface area contributed by atoms with E-state index in [2.05, 4.69) is 32.5 Å². The Bertz CT molecular complexity index is 1020. The van der Waals surface area contributed by atoms with Gasteiger partial charge in [-0.25, -0.2) is 14.1 Å². The molecule has 0 aliphatic carbocycles. The second-order valence-electron chi connectivity index (χ2n) is 6.07. The van der Waals surface area contributed by atoms with Crippen molar-refractivity contribution in [3.05, 3.63) is 90.6 Å². The van der Waals surface area contributed by atoms with Gasteiger partial charge in [-0.1, -0.05) is 12.1 Å². The summed E-state index contributed by atoms with van der Waals surface area (Å²) in [5, 5.41) is 7.41. The first kappa shape index (κ1) is 17.7. The van der Waals surface area contributed by atoms with Crippen LogP contribution in [0.3, 0.4) is 0 Å². The van der Waals surface area contributed by atoms with Crippen molar-refractivity contribution < 1.29 is 9.13 Å². The number of nitrogens with one attached hydrogen (secondary N) is 1. The van der Waals surface area contributed by atoms with Gasteiger partial charge in [0.2, 0.25) is 11.8 Å². The summed E-state index contributed by atoms with van der Waals surface area (Å²) in [6.45, 7) is 0.682. The molecule has 6 nitrogen and oxygen atoms in total. The highest BCUT2D eigenvalue weighted by atomic mass is 19.1. The van der Waals surface area contributed by atoms with Crippen molar-refractivity contribution in [3.8, 4) is 17.3 Å². The van der Waals surface area contributed by atoms with Gasteiger partial charge >= 0.3 is 0 Å². The summed E-state index contributed by atoms with van der Waals surface area (Å²) in [6, 6.07) is 17.6. The third-order valence-corrected chi connectivity index (χ3v) is 4.07. The molecule has 140 valence electrons. The predicted octanol–water partition coefficient (Wildman–Crippen LogP) is 4.25. The largest absolute Gasteiger partial charge is 0.439 e. The van der Waals surface area contributed by atoms with Gasteiger partial charge in [0, 0.05) is 31.2 Å². The summed E-state index contributed by atoms with van der Waals surface area (Å²) in [7, 11) is 0. The molecule has 0 radical (unpaired) electrons. The van der Waals surface area contributed by atoms with E-state index in [0.29, 0.717) is 24.1 Å². The predicted molar refractivity (Wildman–Crippen MR) is 104 cm³/mol. The zero-order valence-electron chi connectivity index (χ0n) is 15.0. The standard InChI is InChI=1S/C21H18FN5O/c22-17-4-8-19(9-5-17)28-20-11-14-24-21(26-20)23-13-10-16-2-6-18(7-3-16)27-15-1-12-25-27/h1-9,11-12,14-15H,10,13H2,(H,23,24,26). The molecule has 1 N–H and O–H groups in total. The van der Waals surface area contributed by atoms with E-state index < -0.39 is 0 Å². The highest BCUT2D eigenvalue weighted by molar-refractivity contribution is 5.35. The maximum absolute atomic E-state index is 13.0. The fourth-order valence-corrected chi connectivity index (χ4v) is 2.66. The van der Waals surface area contributed by atoms with Crippen LogP contribution in [0.25, 0.3) is 5.69 Å². The van der Waals surface area contributed by atoms with E-state index in [9.17, 15) is 4.39 Å². The summed E-state index contributed by atoms with van der Waals surface area (Å²) < 4.78 is 20.4. The van der Waals surface area contributed by atoms with E-state index in [0.717, 1.165) is 12.1 Å². The van der Waals surface area contributed by atoms with Crippen LogP contribution in [0, 0.1) is 5.82 Å². The number of aromatic nitrogens is 4. The maximum Gasteiger partial charge on any atom is 0.225 e. The number of hydrogen-bond acceptors (Lipinski definition) is 5. The van der Waals surface area contributed by atoms with Crippen molar-refractivity contribution in [1.82, 2.24) is 19.7 Å². The zero-order chi connectivity index (χ0) is 19.2. The fraction of sp³-hybridized carbons (Fsp3) is 0.0952. The second kappa shape index (κ2) is 8.30. The van der Waals surface area contributed by atoms with Gasteiger partial charge < -0.3 is 10.1 Å². The Balaban J connectivity index is 1.32. The van der Waals surface area contributed by atoms with Gasteiger partial charge in [0.05, 0.1) is 5.69 Å². The minimum atomic E-state index is -0.310. The van der Waals surface area contributed by atoms with Crippen LogP contribution in [0.2, 0.25) is 0 Å². The van der Waals surface area contributed by atoms with E-state index in [1.54, 1.807) is 30.6 Å². The fourth-order valence-electron chi connectivity index (χ4n) is 2.66. The van der Waals surface area contributed by atoms with Gasteiger partial charge in [0.1, 0.15) is 11.6 Å². The number of ether oxygens (including phenoxy) is 1. The van der Waals surface area contributed by atoms with Crippen LogP contribution in [-0.2, 0) is 6.42 Å². The van der Waals surface area contributed by atoms with E-state index in [-0.39, 0.29) is 5.82 Å². The smallest absolute Gasteiger partial charge is 0.225 e. The van der Waals surface area contributed by atoms with Gasteiger partial charge in [0.15, 0.2) is 0 Å². The van der Waals surface area contributed by atoms with E-state index in [4.69, 9.17) is 4.74 Å². The molecule has 7 heteroatoms. The Morgan fingerprint density at radius 2 is 1.79 bits per heavy atom. The summed E-state index contributed by atoms with van der Waals surface area (Å²) in [5.74, 6) is 1.08. The van der Waals surface area contributed by atoms with Crippen LogP contribution in [0.15, 0.2) is 79.3 Å². The quantitative estimate of drug-likeness (QED) is 0.523. The molecule has 0 aliphatic heterocycles. The van der Waals surface area contributed by atoms with Crippen LogP contribution in [0.1, 0.15) is 5.56 Å². The van der Waals surface area contributed by atoms with Crippen LogP contribution < -0.4 is 10.1 Å². The molecule has 0 saturated heterocycles. The Labute approximate surface area is 161 Å². The van der Waals surface area contributed by atoms with Crippen molar-refractivity contribution >= 4 is 5.95 Å². The van der Waals surface area contributed by atoms with Crippen LogP contribution in [-0.4, -0.2) is 26.3 Å². The van der Waals surface area contributed by atoms with E-state index in [1.165, 1.54) is 17.7 Å². The van der Waals surface area contributed by atoms with Crippen molar-refractivity contribution in [2.24, 2.45) is 0 Å². The number of hydrogen-bond donors (Lipinski definition) is 1. The number of halogens is 1. The number of nitrogens with zero attached hydrogens (tertiary/aromatic N) is 4. The lowest BCUT2D eigenvalue weighted by atomic mass is 10.1. The van der Waals surface area contributed by atoms with Crippen LogP contribution >= 0.6 is 0 Å². The molecule has 0 atom stereocenters. The highest BCUT2D eigenvalue weighted by Crippen LogP contribution is 2.20. The topological polar surface area (TPSA) is 64.9 Å². The lowest BCUT2D eigenvalue weighted by Gasteiger charge is -2.08. The summed E-state index contributed by atoms with van der Waals surface area (Å²) >= 11 is 0. The van der Waals surface area contributed by atoms with Crippen molar-refractivity contribution in [2.75, 3.05) is 11.9 Å². The maximum atomic E-state index is 13.0. The normalized spacial score (nSPS) is 10.6. The molecule has 2 aromatic heterocycles. The number of rotatable bonds is 7. The number of benzene rings is 2. The lowest BCUT2D eigenvalue weighted by Crippen LogP contribution is -2.08. The minimum Gasteiger partial charge on any atom is -0.439 e. The third kappa shape index (κ3) is 4.50. The molecule has 0 aliphatic rings. The Morgan fingerprint density at radius 3 is 2.54 bits per heavy atom. The molecule has 0 amide bonds. The first-order valence-electron chi connectivity index (χ1n) is 8.85. The average Bonchev–Trinajstić information content (AvgIpc) is 3.26.